The maximum absolute atomic E-state index is 9.25. The molecule has 0 aromatic rings. The highest BCUT2D eigenvalue weighted by Gasteiger charge is 1.73. The minimum atomic E-state index is -0.981. The fourth-order valence-electron chi connectivity index (χ4n) is 0. The molecular weight excluding hydrogens is 188 g/mol. The molecule has 0 heterocycles. The van der Waals surface area contributed by atoms with Gasteiger partial charge in [-0.3, -0.25) is 0 Å². The Morgan fingerprint density at radius 3 is 1.14 bits per heavy atom. The van der Waals surface area contributed by atoms with Gasteiger partial charge in [0.15, 0.2) is 0 Å². The van der Waals surface area contributed by atoms with E-state index in [1.165, 1.54) is 0 Å². The van der Waals surface area contributed by atoms with Crippen LogP contribution < -0.4 is 11.5 Å². The molecule has 0 bridgehead atoms. The SMILES string of the molecule is C=CC(=O)O.C=CC(=O)O.NCCN. The number of carboxylic acid groups (broad SMARTS) is 2. The van der Waals surface area contributed by atoms with Crippen molar-refractivity contribution >= 4 is 11.9 Å². The monoisotopic (exact) mass is 204 g/mol. The van der Waals surface area contributed by atoms with E-state index in [0.717, 1.165) is 12.2 Å². The van der Waals surface area contributed by atoms with Crippen LogP contribution in [0.2, 0.25) is 0 Å². The molecule has 14 heavy (non-hydrogen) atoms. The molecule has 0 aromatic carbocycles. The fourth-order valence-corrected chi connectivity index (χ4v) is 0. The highest BCUT2D eigenvalue weighted by atomic mass is 16.4. The first-order valence-electron chi connectivity index (χ1n) is 3.57. The van der Waals surface area contributed by atoms with Gasteiger partial charge in [0.1, 0.15) is 0 Å². The summed E-state index contributed by atoms with van der Waals surface area (Å²) in [6, 6.07) is 0. The molecule has 0 fully saturated rings. The Hall–Kier alpha value is -1.66. The van der Waals surface area contributed by atoms with E-state index in [4.69, 9.17) is 21.7 Å². The molecule has 0 radical (unpaired) electrons. The summed E-state index contributed by atoms with van der Waals surface area (Å²) in [5, 5.41) is 15.2. The average Bonchev–Trinajstić information content (AvgIpc) is 2.19. The third kappa shape index (κ3) is 80.9. The summed E-state index contributed by atoms with van der Waals surface area (Å²) in [4.78, 5) is 18.5. The Morgan fingerprint density at radius 1 is 1.00 bits per heavy atom. The van der Waals surface area contributed by atoms with E-state index in [1.54, 1.807) is 0 Å². The predicted octanol–water partition coefficient (Wildman–Crippen LogP) is -0.582. The molecule has 0 amide bonds. The molecule has 6 nitrogen and oxygen atoms in total. The van der Waals surface area contributed by atoms with Crippen LogP contribution in [0.5, 0.6) is 0 Å². The Bertz CT molecular complexity index is 160. The van der Waals surface area contributed by atoms with Gasteiger partial charge in [0.05, 0.1) is 0 Å². The third-order valence-corrected chi connectivity index (χ3v) is 0.516. The van der Waals surface area contributed by atoms with Crippen molar-refractivity contribution in [3.05, 3.63) is 25.3 Å². The number of hydrogen-bond donors (Lipinski definition) is 4. The molecule has 0 saturated heterocycles. The molecular formula is C8H16N2O4. The number of carboxylic acids is 2. The van der Waals surface area contributed by atoms with Gasteiger partial charge in [0, 0.05) is 25.2 Å². The quantitative estimate of drug-likeness (QED) is 0.455. The maximum atomic E-state index is 9.25. The zero-order valence-electron chi connectivity index (χ0n) is 7.85. The van der Waals surface area contributed by atoms with E-state index in [0.29, 0.717) is 13.1 Å². The Balaban J connectivity index is -0.000000131. The summed E-state index contributed by atoms with van der Waals surface area (Å²) in [6.07, 6.45) is 1.67. The third-order valence-electron chi connectivity index (χ3n) is 0.516. The summed E-state index contributed by atoms with van der Waals surface area (Å²) in [5.74, 6) is -1.96. The lowest BCUT2D eigenvalue weighted by Crippen LogP contribution is -2.11. The standard InChI is InChI=1S/2C3H4O2.C2H8N2/c2*1-2-3(4)5;3-1-2-4/h2*2H,1H2,(H,4,5);1-4H2. The van der Waals surface area contributed by atoms with Crippen LogP contribution in [-0.2, 0) is 9.59 Å². The van der Waals surface area contributed by atoms with Gasteiger partial charge >= 0.3 is 11.9 Å². The molecule has 0 atom stereocenters. The van der Waals surface area contributed by atoms with Crippen molar-refractivity contribution in [1.82, 2.24) is 0 Å². The Labute approximate surface area is 82.5 Å². The van der Waals surface area contributed by atoms with Crippen LogP contribution in [-0.4, -0.2) is 35.2 Å². The summed E-state index contributed by atoms with van der Waals surface area (Å²) in [6.45, 7) is 7.12. The van der Waals surface area contributed by atoms with Gasteiger partial charge in [-0.2, -0.15) is 0 Å². The molecule has 0 unspecified atom stereocenters. The van der Waals surface area contributed by atoms with Crippen LogP contribution in [0.15, 0.2) is 25.3 Å². The minimum absolute atomic E-state index is 0.597. The molecule has 0 aromatic heterocycles. The first-order valence-corrected chi connectivity index (χ1v) is 3.57. The van der Waals surface area contributed by atoms with Gasteiger partial charge in [-0.05, 0) is 0 Å². The van der Waals surface area contributed by atoms with Gasteiger partial charge in [0.25, 0.3) is 0 Å². The van der Waals surface area contributed by atoms with Crippen molar-refractivity contribution in [3.8, 4) is 0 Å². The molecule has 0 aliphatic heterocycles. The van der Waals surface area contributed by atoms with Crippen molar-refractivity contribution in [2.75, 3.05) is 13.1 Å². The lowest BCUT2D eigenvalue weighted by atomic mass is 10.7. The van der Waals surface area contributed by atoms with Gasteiger partial charge in [-0.1, -0.05) is 13.2 Å². The van der Waals surface area contributed by atoms with E-state index in [-0.39, 0.29) is 0 Å². The second-order valence-electron chi connectivity index (χ2n) is 1.66. The van der Waals surface area contributed by atoms with Crippen LogP contribution in [0.4, 0.5) is 0 Å². The van der Waals surface area contributed by atoms with Crippen LogP contribution in [0.1, 0.15) is 0 Å². The van der Waals surface area contributed by atoms with Gasteiger partial charge in [0.2, 0.25) is 0 Å². The van der Waals surface area contributed by atoms with E-state index >= 15 is 0 Å². The number of carbonyl (C=O) groups is 2. The summed E-state index contributed by atoms with van der Waals surface area (Å²) < 4.78 is 0. The smallest absolute Gasteiger partial charge is 0.327 e. The Morgan fingerprint density at radius 2 is 1.14 bits per heavy atom. The molecule has 82 valence electrons. The molecule has 6 N–H and O–H groups in total. The molecule has 6 heteroatoms. The van der Waals surface area contributed by atoms with Crippen molar-refractivity contribution < 1.29 is 19.8 Å². The highest BCUT2D eigenvalue weighted by molar-refractivity contribution is 5.79. The van der Waals surface area contributed by atoms with Gasteiger partial charge in [-0.25, -0.2) is 9.59 Å². The fraction of sp³-hybridized carbons (Fsp3) is 0.250. The van der Waals surface area contributed by atoms with Crippen LogP contribution >= 0.6 is 0 Å². The first kappa shape index (κ1) is 18.2. The van der Waals surface area contributed by atoms with Crippen LogP contribution in [0.3, 0.4) is 0 Å². The van der Waals surface area contributed by atoms with Gasteiger partial charge < -0.3 is 21.7 Å². The van der Waals surface area contributed by atoms with Crippen LogP contribution in [0.25, 0.3) is 0 Å². The van der Waals surface area contributed by atoms with Crippen molar-refractivity contribution in [2.24, 2.45) is 11.5 Å². The van der Waals surface area contributed by atoms with E-state index in [2.05, 4.69) is 13.2 Å². The maximum Gasteiger partial charge on any atom is 0.327 e. The van der Waals surface area contributed by atoms with Crippen molar-refractivity contribution in [2.45, 2.75) is 0 Å². The number of hydrogen-bond acceptors (Lipinski definition) is 4. The highest BCUT2D eigenvalue weighted by Crippen LogP contribution is 1.55. The second-order valence-corrected chi connectivity index (χ2v) is 1.66. The lowest BCUT2D eigenvalue weighted by Gasteiger charge is -1.72. The number of nitrogens with two attached hydrogens (primary N) is 2. The van der Waals surface area contributed by atoms with Crippen molar-refractivity contribution in [3.63, 3.8) is 0 Å². The Kier molecular flexibility index (Phi) is 22.6. The second kappa shape index (κ2) is 17.4. The van der Waals surface area contributed by atoms with Crippen molar-refractivity contribution in [1.29, 1.82) is 0 Å². The lowest BCUT2D eigenvalue weighted by molar-refractivity contribution is -0.132. The summed E-state index contributed by atoms with van der Waals surface area (Å²) >= 11 is 0. The normalized spacial score (nSPS) is 6.71. The molecule has 0 aliphatic carbocycles. The first-order chi connectivity index (χ1) is 6.45. The molecule has 0 aliphatic rings. The summed E-state index contributed by atoms with van der Waals surface area (Å²) in [5.41, 5.74) is 9.81. The summed E-state index contributed by atoms with van der Waals surface area (Å²) in [7, 11) is 0. The van der Waals surface area contributed by atoms with Gasteiger partial charge in [-0.15, -0.1) is 0 Å². The molecule has 0 saturated carbocycles. The topological polar surface area (TPSA) is 127 Å². The molecule has 0 rings (SSSR count). The zero-order chi connectivity index (χ0) is 12.0. The molecule has 0 spiro atoms. The number of rotatable bonds is 3. The van der Waals surface area contributed by atoms with E-state index in [1.807, 2.05) is 0 Å². The van der Waals surface area contributed by atoms with E-state index < -0.39 is 11.9 Å². The minimum Gasteiger partial charge on any atom is -0.478 e. The van der Waals surface area contributed by atoms with Crippen LogP contribution in [0, 0.1) is 0 Å². The van der Waals surface area contributed by atoms with E-state index in [9.17, 15) is 9.59 Å². The zero-order valence-corrected chi connectivity index (χ0v) is 7.85. The predicted molar refractivity (Wildman–Crippen MR) is 53.8 cm³/mol. The number of aliphatic carboxylic acids is 2. The largest absolute Gasteiger partial charge is 0.478 e. The average molecular weight is 204 g/mol.